The van der Waals surface area contributed by atoms with E-state index >= 15 is 0 Å². The Labute approximate surface area is 322 Å². The summed E-state index contributed by atoms with van der Waals surface area (Å²) in [5, 5.41) is 15.1. The van der Waals surface area contributed by atoms with Gasteiger partial charge in [-0.1, -0.05) is 72.8 Å². The number of amides is 1. The standard InChI is InChI=1S/C46H34NO8P/c1-29-13-22-43(45(23-29)56(52)44-12-5-3-10-39(44)38-9-2-4-11-42(38)55-56)54-28-41(50)33-8-6-7-32(25-33)40(49)27-53-37-20-17-35(18-21-37)47-46(51)34-15-14-31-26-36(48)19-16-30(31)24-34/h2-26,48H,27-28H2,1H3,(H,47,51). The molecule has 7 aromatic carbocycles. The highest BCUT2D eigenvalue weighted by Gasteiger charge is 2.40. The number of ether oxygens (including phenoxy) is 2. The van der Waals surface area contributed by atoms with E-state index in [1.807, 2.05) is 49.4 Å². The molecule has 7 aromatic rings. The highest BCUT2D eigenvalue weighted by molar-refractivity contribution is 7.75. The van der Waals surface area contributed by atoms with Gasteiger partial charge in [0, 0.05) is 27.9 Å². The maximum atomic E-state index is 14.9. The van der Waals surface area contributed by atoms with Crippen molar-refractivity contribution in [2.24, 2.45) is 0 Å². The van der Waals surface area contributed by atoms with Gasteiger partial charge in [0.25, 0.3) is 5.91 Å². The molecule has 56 heavy (non-hydrogen) atoms. The maximum Gasteiger partial charge on any atom is 0.311 e. The summed E-state index contributed by atoms with van der Waals surface area (Å²) < 4.78 is 33.0. The molecule has 0 radical (unpaired) electrons. The second kappa shape index (κ2) is 15.1. The molecule has 1 unspecified atom stereocenters. The molecule has 0 bridgehead atoms. The summed E-state index contributed by atoms with van der Waals surface area (Å²) in [6.07, 6.45) is 0. The molecule has 10 heteroatoms. The molecule has 1 aliphatic rings. The minimum Gasteiger partial charge on any atom is -0.508 e. The molecule has 0 saturated heterocycles. The molecule has 2 N–H and O–H groups in total. The molecular weight excluding hydrogens is 725 g/mol. The SMILES string of the molecule is Cc1ccc(OCC(=O)c2cccc(C(=O)COc3ccc(NC(=O)c4ccc5cc(O)ccc5c4)cc3)c2)c(P2(=O)Oc3ccccc3-c3ccccc32)c1. The lowest BCUT2D eigenvalue weighted by atomic mass is 10.0. The summed E-state index contributed by atoms with van der Waals surface area (Å²) in [6, 6.07) is 43.3. The molecule has 0 fully saturated rings. The Morgan fingerprint density at radius 2 is 1.30 bits per heavy atom. The van der Waals surface area contributed by atoms with Crippen molar-refractivity contribution in [3.8, 4) is 34.1 Å². The topological polar surface area (TPSA) is 128 Å². The van der Waals surface area contributed by atoms with Crippen LogP contribution >= 0.6 is 7.37 Å². The van der Waals surface area contributed by atoms with E-state index in [0.29, 0.717) is 33.4 Å². The van der Waals surface area contributed by atoms with Crippen LogP contribution in [0.4, 0.5) is 5.69 Å². The molecule has 1 atom stereocenters. The number of fused-ring (bicyclic) bond motifs is 4. The number of ketones is 2. The first-order valence-corrected chi connectivity index (χ1v) is 19.4. The van der Waals surface area contributed by atoms with Crippen LogP contribution in [-0.2, 0) is 4.57 Å². The number of phenolic OH excluding ortho intramolecular Hbond substituents is 1. The van der Waals surface area contributed by atoms with Gasteiger partial charge in [0.05, 0.1) is 10.6 Å². The van der Waals surface area contributed by atoms with Crippen molar-refractivity contribution in [2.45, 2.75) is 6.92 Å². The number of anilines is 1. The Balaban J connectivity index is 0.903. The zero-order chi connectivity index (χ0) is 38.8. The van der Waals surface area contributed by atoms with Gasteiger partial charge in [-0.15, -0.1) is 0 Å². The van der Waals surface area contributed by atoms with Gasteiger partial charge in [-0.2, -0.15) is 0 Å². The van der Waals surface area contributed by atoms with E-state index in [-0.39, 0.29) is 53.3 Å². The Hall–Kier alpha value is -6.96. The zero-order valence-corrected chi connectivity index (χ0v) is 31.0. The van der Waals surface area contributed by atoms with E-state index in [0.717, 1.165) is 27.5 Å². The third-order valence-corrected chi connectivity index (χ3v) is 12.0. The molecule has 1 aliphatic heterocycles. The van der Waals surface area contributed by atoms with Crippen molar-refractivity contribution >= 4 is 51.9 Å². The molecule has 0 saturated carbocycles. The van der Waals surface area contributed by atoms with Gasteiger partial charge >= 0.3 is 7.37 Å². The van der Waals surface area contributed by atoms with Gasteiger partial charge in [0.2, 0.25) is 0 Å². The van der Waals surface area contributed by atoms with Crippen LogP contribution in [0.3, 0.4) is 0 Å². The van der Waals surface area contributed by atoms with Gasteiger partial charge in [-0.25, -0.2) is 0 Å². The van der Waals surface area contributed by atoms with Gasteiger partial charge < -0.3 is 24.4 Å². The van der Waals surface area contributed by atoms with Crippen molar-refractivity contribution in [2.75, 3.05) is 18.5 Å². The second-order valence-electron chi connectivity index (χ2n) is 13.4. The molecular formula is C46H34NO8P. The minimum atomic E-state index is -3.69. The Morgan fingerprint density at radius 1 is 0.625 bits per heavy atom. The highest BCUT2D eigenvalue weighted by Crippen LogP contribution is 2.55. The van der Waals surface area contributed by atoms with E-state index in [2.05, 4.69) is 5.32 Å². The first-order chi connectivity index (χ1) is 27.1. The maximum absolute atomic E-state index is 14.9. The summed E-state index contributed by atoms with van der Waals surface area (Å²) in [7, 11) is -3.69. The van der Waals surface area contributed by atoms with E-state index in [1.165, 1.54) is 6.07 Å². The van der Waals surface area contributed by atoms with Crippen molar-refractivity contribution in [3.05, 3.63) is 174 Å². The number of phenols is 1. The van der Waals surface area contributed by atoms with Gasteiger partial charge in [0.15, 0.2) is 24.8 Å². The fourth-order valence-electron chi connectivity index (χ4n) is 6.61. The molecule has 9 nitrogen and oxygen atoms in total. The number of hydrogen-bond donors (Lipinski definition) is 2. The third-order valence-electron chi connectivity index (χ3n) is 9.49. The number of para-hydroxylation sites is 1. The monoisotopic (exact) mass is 759 g/mol. The fourth-order valence-corrected chi connectivity index (χ4v) is 9.10. The average Bonchev–Trinajstić information content (AvgIpc) is 3.22. The number of nitrogens with one attached hydrogen (secondary N) is 1. The van der Waals surface area contributed by atoms with Crippen LogP contribution < -0.4 is 29.9 Å². The summed E-state index contributed by atoms with van der Waals surface area (Å²) in [6.45, 7) is 1.24. The minimum absolute atomic E-state index is 0.156. The van der Waals surface area contributed by atoms with Crippen LogP contribution in [0.25, 0.3) is 21.9 Å². The Kier molecular flexibility index (Phi) is 9.69. The molecule has 1 heterocycles. The highest BCUT2D eigenvalue weighted by atomic mass is 31.2. The van der Waals surface area contributed by atoms with E-state index < -0.39 is 7.37 Å². The van der Waals surface area contributed by atoms with Gasteiger partial charge in [-0.3, -0.25) is 18.9 Å². The number of aromatic hydroxyl groups is 1. The fraction of sp³-hybridized carbons (Fsp3) is 0.0652. The number of rotatable bonds is 11. The number of Topliss-reactive ketones (excluding diaryl/α,β-unsaturated/α-hetero) is 2. The molecule has 0 aliphatic carbocycles. The number of carbonyl (C=O) groups excluding carboxylic acids is 3. The first kappa shape index (κ1) is 36.0. The van der Waals surface area contributed by atoms with Crippen LogP contribution in [-0.4, -0.2) is 35.8 Å². The second-order valence-corrected chi connectivity index (χ2v) is 15.6. The predicted octanol–water partition coefficient (Wildman–Crippen LogP) is 8.92. The lowest BCUT2D eigenvalue weighted by Crippen LogP contribution is -2.27. The summed E-state index contributed by atoms with van der Waals surface area (Å²) in [4.78, 5) is 39.4. The van der Waals surface area contributed by atoms with Crippen LogP contribution in [0.5, 0.6) is 23.0 Å². The Bertz CT molecular complexity index is 2720. The van der Waals surface area contributed by atoms with E-state index in [4.69, 9.17) is 14.0 Å². The number of benzene rings is 7. The van der Waals surface area contributed by atoms with Crippen LogP contribution in [0.15, 0.2) is 152 Å². The Morgan fingerprint density at radius 3 is 2.09 bits per heavy atom. The molecule has 1 amide bonds. The largest absolute Gasteiger partial charge is 0.508 e. The van der Waals surface area contributed by atoms with Gasteiger partial charge in [-0.05, 0) is 108 Å². The molecule has 0 spiro atoms. The number of aryl methyl sites for hydroxylation is 1. The quantitative estimate of drug-likeness (QED) is 0.0989. The van der Waals surface area contributed by atoms with E-state index in [1.54, 1.807) is 103 Å². The smallest absolute Gasteiger partial charge is 0.311 e. The van der Waals surface area contributed by atoms with Crippen LogP contribution in [0, 0.1) is 6.92 Å². The van der Waals surface area contributed by atoms with Crippen LogP contribution in [0.2, 0.25) is 0 Å². The van der Waals surface area contributed by atoms with Crippen molar-refractivity contribution < 1.29 is 38.1 Å². The summed E-state index contributed by atoms with van der Waals surface area (Å²) in [5.74, 6) is 0.339. The molecule has 0 aromatic heterocycles. The average molecular weight is 760 g/mol. The van der Waals surface area contributed by atoms with Crippen molar-refractivity contribution in [1.82, 2.24) is 0 Å². The third kappa shape index (κ3) is 7.28. The van der Waals surface area contributed by atoms with Gasteiger partial charge in [0.1, 0.15) is 23.0 Å². The lowest BCUT2D eigenvalue weighted by Gasteiger charge is -2.30. The van der Waals surface area contributed by atoms with Crippen molar-refractivity contribution in [1.29, 1.82) is 0 Å². The number of hydrogen-bond acceptors (Lipinski definition) is 8. The van der Waals surface area contributed by atoms with E-state index in [9.17, 15) is 24.1 Å². The predicted molar refractivity (Wildman–Crippen MR) is 217 cm³/mol. The first-order valence-electron chi connectivity index (χ1n) is 17.8. The zero-order valence-electron chi connectivity index (χ0n) is 30.1. The summed E-state index contributed by atoms with van der Waals surface area (Å²) >= 11 is 0. The number of carbonyl (C=O) groups is 3. The molecule has 8 rings (SSSR count). The van der Waals surface area contributed by atoms with Crippen LogP contribution in [0.1, 0.15) is 36.6 Å². The van der Waals surface area contributed by atoms with Crippen molar-refractivity contribution in [3.63, 3.8) is 0 Å². The molecule has 276 valence electrons. The summed E-state index contributed by atoms with van der Waals surface area (Å²) in [5.41, 5.74) is 4.08. The normalized spacial score (nSPS) is 14.2. The lowest BCUT2D eigenvalue weighted by molar-refractivity contribution is 0.0920.